The first-order chi connectivity index (χ1) is 10.7. The Kier molecular flexibility index (Phi) is 6.35. The van der Waals surface area contributed by atoms with Crippen molar-refractivity contribution in [2.24, 2.45) is 0 Å². The van der Waals surface area contributed by atoms with Gasteiger partial charge in [0.05, 0.1) is 11.2 Å². The Hall–Kier alpha value is -1.44. The van der Waals surface area contributed by atoms with Gasteiger partial charge in [0.1, 0.15) is 0 Å². The molecule has 0 bridgehead atoms. The molecule has 0 amide bonds. The Morgan fingerprint density at radius 3 is 2.50 bits per heavy atom. The van der Waals surface area contributed by atoms with Crippen LogP contribution in [0.3, 0.4) is 0 Å². The molecule has 0 aliphatic heterocycles. The zero-order valence-corrected chi connectivity index (χ0v) is 14.6. The molecule has 0 spiro atoms. The van der Waals surface area contributed by atoms with E-state index >= 15 is 0 Å². The lowest BCUT2D eigenvalue weighted by molar-refractivity contribution is 0.574. The first kappa shape index (κ1) is 16.9. The highest BCUT2D eigenvalue weighted by molar-refractivity contribution is 5.81. The fraction of sp³-hybridized carbons (Fsp3) is 0.600. The molecule has 120 valence electrons. The maximum Gasteiger partial charge on any atom is 0.0739 e. The number of unbranched alkanes of at least 4 members (excludes halogenated alkanes) is 3. The maximum absolute atomic E-state index is 4.86. The average Bonchev–Trinajstić information content (AvgIpc) is 2.56. The lowest BCUT2D eigenvalue weighted by Crippen LogP contribution is -2.01. The third-order valence-electron chi connectivity index (χ3n) is 4.74. The van der Waals surface area contributed by atoms with Crippen LogP contribution in [-0.2, 0) is 0 Å². The molecule has 22 heavy (non-hydrogen) atoms. The van der Waals surface area contributed by atoms with Crippen molar-refractivity contribution in [3.63, 3.8) is 0 Å². The van der Waals surface area contributed by atoms with Crippen molar-refractivity contribution in [3.8, 4) is 0 Å². The standard InChI is InChI=1S/C20H30N2/c1-5-7-8-9-10-16(4)20-17-11-12-18(15(3)6-2)22-19(17)13-14-21-20/h11-16H,5-10H2,1-4H3. The van der Waals surface area contributed by atoms with Gasteiger partial charge in [-0.25, -0.2) is 0 Å². The van der Waals surface area contributed by atoms with E-state index in [-0.39, 0.29) is 0 Å². The highest BCUT2D eigenvalue weighted by atomic mass is 14.7. The quantitative estimate of drug-likeness (QED) is 0.541. The molecule has 0 fully saturated rings. The Bertz CT molecular complexity index is 591. The predicted molar refractivity (Wildman–Crippen MR) is 95.4 cm³/mol. The second kappa shape index (κ2) is 8.26. The second-order valence-electron chi connectivity index (χ2n) is 6.56. The van der Waals surface area contributed by atoms with Crippen LogP contribution in [0.4, 0.5) is 0 Å². The average molecular weight is 298 g/mol. The van der Waals surface area contributed by atoms with Crippen LogP contribution in [0.1, 0.15) is 89.4 Å². The molecule has 2 heteroatoms. The molecule has 2 atom stereocenters. The summed E-state index contributed by atoms with van der Waals surface area (Å²) in [7, 11) is 0. The normalized spacial score (nSPS) is 14.2. The lowest BCUT2D eigenvalue weighted by Gasteiger charge is -2.15. The Labute approximate surface area is 135 Å². The lowest BCUT2D eigenvalue weighted by atomic mass is 9.95. The van der Waals surface area contributed by atoms with Gasteiger partial charge < -0.3 is 0 Å². The minimum atomic E-state index is 0.511. The Morgan fingerprint density at radius 1 is 0.955 bits per heavy atom. The van der Waals surface area contributed by atoms with Crippen LogP contribution < -0.4 is 0 Å². The van der Waals surface area contributed by atoms with Gasteiger partial charge in [-0.15, -0.1) is 0 Å². The summed E-state index contributed by atoms with van der Waals surface area (Å²) in [6, 6.07) is 6.47. The van der Waals surface area contributed by atoms with Gasteiger partial charge in [0, 0.05) is 17.3 Å². The topological polar surface area (TPSA) is 25.8 Å². The molecule has 0 saturated carbocycles. The molecule has 2 rings (SSSR count). The molecule has 0 aliphatic carbocycles. The minimum Gasteiger partial charge on any atom is -0.260 e. The van der Waals surface area contributed by atoms with E-state index in [9.17, 15) is 0 Å². The van der Waals surface area contributed by atoms with E-state index in [0.29, 0.717) is 11.8 Å². The van der Waals surface area contributed by atoms with E-state index < -0.39 is 0 Å². The molecule has 2 heterocycles. The molecule has 0 aromatic carbocycles. The summed E-state index contributed by atoms with van der Waals surface area (Å²) in [4.78, 5) is 9.52. The van der Waals surface area contributed by atoms with Gasteiger partial charge in [-0.3, -0.25) is 9.97 Å². The van der Waals surface area contributed by atoms with Crippen LogP contribution in [0.15, 0.2) is 24.4 Å². The van der Waals surface area contributed by atoms with Gasteiger partial charge in [0.2, 0.25) is 0 Å². The van der Waals surface area contributed by atoms with Gasteiger partial charge in [0.15, 0.2) is 0 Å². The molecule has 0 aliphatic rings. The van der Waals surface area contributed by atoms with Crippen molar-refractivity contribution in [1.29, 1.82) is 0 Å². The van der Waals surface area contributed by atoms with E-state index in [4.69, 9.17) is 4.98 Å². The smallest absolute Gasteiger partial charge is 0.0739 e. The first-order valence-corrected chi connectivity index (χ1v) is 8.92. The van der Waals surface area contributed by atoms with Crippen LogP contribution >= 0.6 is 0 Å². The van der Waals surface area contributed by atoms with Gasteiger partial charge in [-0.05, 0) is 42.9 Å². The number of hydrogen-bond donors (Lipinski definition) is 0. The maximum atomic E-state index is 4.86. The zero-order chi connectivity index (χ0) is 15.9. The highest BCUT2D eigenvalue weighted by Crippen LogP contribution is 2.28. The molecule has 0 saturated heterocycles. The van der Waals surface area contributed by atoms with Crippen molar-refractivity contribution < 1.29 is 0 Å². The number of aromatic nitrogens is 2. The van der Waals surface area contributed by atoms with Gasteiger partial charge in [-0.1, -0.05) is 53.4 Å². The molecule has 2 aromatic rings. The molecule has 2 aromatic heterocycles. The van der Waals surface area contributed by atoms with Crippen LogP contribution in [0.5, 0.6) is 0 Å². The SMILES string of the molecule is CCCCCCC(C)c1nccc2nc(C(C)CC)ccc12. The number of hydrogen-bond acceptors (Lipinski definition) is 2. The summed E-state index contributed by atoms with van der Waals surface area (Å²) in [5.74, 6) is 1.03. The first-order valence-electron chi connectivity index (χ1n) is 8.92. The van der Waals surface area contributed by atoms with Crippen molar-refractivity contribution in [3.05, 3.63) is 35.8 Å². The van der Waals surface area contributed by atoms with Gasteiger partial charge >= 0.3 is 0 Å². The van der Waals surface area contributed by atoms with E-state index in [1.807, 2.05) is 6.20 Å². The highest BCUT2D eigenvalue weighted by Gasteiger charge is 2.13. The van der Waals surface area contributed by atoms with E-state index in [1.165, 1.54) is 48.9 Å². The monoisotopic (exact) mass is 298 g/mol. The molecule has 2 nitrogen and oxygen atoms in total. The predicted octanol–water partition coefficient (Wildman–Crippen LogP) is 6.22. The summed E-state index contributed by atoms with van der Waals surface area (Å²) in [6.45, 7) is 9.02. The minimum absolute atomic E-state index is 0.511. The number of rotatable bonds is 8. The Morgan fingerprint density at radius 2 is 1.77 bits per heavy atom. The van der Waals surface area contributed by atoms with Crippen molar-refractivity contribution in [2.75, 3.05) is 0 Å². The summed E-state index contributed by atoms with van der Waals surface area (Å²) in [5.41, 5.74) is 3.52. The van der Waals surface area contributed by atoms with Crippen LogP contribution in [0.25, 0.3) is 10.9 Å². The number of pyridine rings is 2. The molecule has 0 radical (unpaired) electrons. The number of nitrogens with zero attached hydrogens (tertiary/aromatic N) is 2. The largest absolute Gasteiger partial charge is 0.260 e. The van der Waals surface area contributed by atoms with E-state index in [1.54, 1.807) is 0 Å². The van der Waals surface area contributed by atoms with Crippen LogP contribution in [0, 0.1) is 0 Å². The van der Waals surface area contributed by atoms with E-state index in [2.05, 4.69) is 50.9 Å². The van der Waals surface area contributed by atoms with Crippen molar-refractivity contribution >= 4 is 10.9 Å². The van der Waals surface area contributed by atoms with Gasteiger partial charge in [0.25, 0.3) is 0 Å². The Balaban J connectivity index is 2.19. The van der Waals surface area contributed by atoms with Crippen LogP contribution in [-0.4, -0.2) is 9.97 Å². The van der Waals surface area contributed by atoms with Crippen LogP contribution in [0.2, 0.25) is 0 Å². The molecular weight excluding hydrogens is 268 g/mol. The third kappa shape index (κ3) is 4.06. The fourth-order valence-corrected chi connectivity index (χ4v) is 2.98. The zero-order valence-electron chi connectivity index (χ0n) is 14.6. The molecule has 2 unspecified atom stereocenters. The second-order valence-corrected chi connectivity index (χ2v) is 6.56. The van der Waals surface area contributed by atoms with Gasteiger partial charge in [-0.2, -0.15) is 0 Å². The fourth-order valence-electron chi connectivity index (χ4n) is 2.98. The van der Waals surface area contributed by atoms with Crippen molar-refractivity contribution in [2.45, 2.75) is 78.1 Å². The summed E-state index contributed by atoms with van der Waals surface area (Å²) in [6.07, 6.45) is 9.54. The van der Waals surface area contributed by atoms with Crippen molar-refractivity contribution in [1.82, 2.24) is 9.97 Å². The summed E-state index contributed by atoms with van der Waals surface area (Å²) >= 11 is 0. The molecular formula is C20H30N2. The molecule has 0 N–H and O–H groups in total. The summed E-state index contributed by atoms with van der Waals surface area (Å²) < 4.78 is 0. The number of fused-ring (bicyclic) bond motifs is 1. The van der Waals surface area contributed by atoms with E-state index in [0.717, 1.165) is 11.9 Å². The summed E-state index contributed by atoms with van der Waals surface area (Å²) in [5, 5.41) is 1.23. The third-order valence-corrected chi connectivity index (χ3v) is 4.74.